The molecule has 5 heteroatoms. The van der Waals surface area contributed by atoms with Gasteiger partial charge in [-0.1, -0.05) is 18.3 Å². The maximum Gasteiger partial charge on any atom is 0.419 e. The zero-order chi connectivity index (χ0) is 10.1. The molecule has 0 aliphatic heterocycles. The molecular weight excluding hydrogens is 201 g/mol. The molecule has 0 spiro atoms. The standard InChI is InChI=1S/C8H5F3OS/c9-8(10,11)6-2-1-5(4-13)3-7(6)12/h1-4,12H. The van der Waals surface area contributed by atoms with Crippen LogP contribution in [0.5, 0.6) is 5.75 Å². The number of thiocarbonyl (C=S) groups is 1. The molecule has 13 heavy (non-hydrogen) atoms. The SMILES string of the molecule is Oc1cc(C=S)ccc1C(F)(F)F. The Morgan fingerprint density at radius 2 is 1.92 bits per heavy atom. The van der Waals surface area contributed by atoms with E-state index >= 15 is 0 Å². The van der Waals surface area contributed by atoms with Crippen molar-refractivity contribution in [3.63, 3.8) is 0 Å². The zero-order valence-corrected chi connectivity index (χ0v) is 7.12. The number of benzene rings is 1. The second kappa shape index (κ2) is 3.33. The van der Waals surface area contributed by atoms with Gasteiger partial charge in [-0.25, -0.2) is 0 Å². The molecule has 1 rings (SSSR count). The summed E-state index contributed by atoms with van der Waals surface area (Å²) in [5.41, 5.74) is -0.673. The van der Waals surface area contributed by atoms with Crippen molar-refractivity contribution >= 4 is 17.6 Å². The van der Waals surface area contributed by atoms with Crippen LogP contribution in [0.25, 0.3) is 0 Å². The molecule has 0 unspecified atom stereocenters. The molecule has 0 bridgehead atoms. The third-order valence-electron chi connectivity index (χ3n) is 1.46. The summed E-state index contributed by atoms with van der Waals surface area (Å²) in [5, 5.41) is 10.2. The summed E-state index contributed by atoms with van der Waals surface area (Å²) in [6, 6.07) is 2.98. The summed E-state index contributed by atoms with van der Waals surface area (Å²) in [5.74, 6) is -0.800. The van der Waals surface area contributed by atoms with Crippen LogP contribution < -0.4 is 0 Å². The minimum absolute atomic E-state index is 0.375. The molecule has 0 saturated carbocycles. The Morgan fingerprint density at radius 1 is 1.31 bits per heavy atom. The van der Waals surface area contributed by atoms with Gasteiger partial charge in [-0.05, 0) is 17.7 Å². The van der Waals surface area contributed by atoms with Gasteiger partial charge in [-0.15, -0.1) is 0 Å². The smallest absolute Gasteiger partial charge is 0.419 e. The van der Waals surface area contributed by atoms with Crippen LogP contribution >= 0.6 is 12.2 Å². The van der Waals surface area contributed by atoms with Gasteiger partial charge in [0.1, 0.15) is 5.75 Å². The van der Waals surface area contributed by atoms with E-state index < -0.39 is 17.5 Å². The quantitative estimate of drug-likeness (QED) is 0.713. The summed E-state index contributed by atoms with van der Waals surface area (Å²) in [7, 11) is 0. The maximum absolute atomic E-state index is 12.1. The monoisotopic (exact) mass is 206 g/mol. The van der Waals surface area contributed by atoms with E-state index in [0.29, 0.717) is 5.56 Å². The number of alkyl halides is 3. The third kappa shape index (κ3) is 2.18. The van der Waals surface area contributed by atoms with Crippen LogP contribution in [0, 0.1) is 0 Å². The zero-order valence-electron chi connectivity index (χ0n) is 6.30. The number of phenolic OH excluding ortho intramolecular Hbond substituents is 1. The summed E-state index contributed by atoms with van der Waals surface area (Å²) in [4.78, 5) is 0. The molecule has 1 aromatic carbocycles. The molecule has 1 aromatic rings. The van der Waals surface area contributed by atoms with Gasteiger partial charge >= 0.3 is 6.18 Å². The molecular formula is C8H5F3OS. The molecule has 0 amide bonds. The van der Waals surface area contributed by atoms with E-state index in [0.717, 1.165) is 12.1 Å². The molecule has 0 aliphatic rings. The molecule has 0 aromatic heterocycles. The highest BCUT2D eigenvalue weighted by atomic mass is 32.1. The van der Waals surface area contributed by atoms with Gasteiger partial charge in [0, 0.05) is 5.37 Å². The van der Waals surface area contributed by atoms with Crippen LogP contribution in [0.4, 0.5) is 13.2 Å². The average molecular weight is 206 g/mol. The van der Waals surface area contributed by atoms with Crippen molar-refractivity contribution in [3.05, 3.63) is 29.3 Å². The first kappa shape index (κ1) is 9.98. The minimum Gasteiger partial charge on any atom is -0.507 e. The van der Waals surface area contributed by atoms with Crippen LogP contribution in [-0.2, 0) is 6.18 Å². The molecule has 0 atom stereocenters. The van der Waals surface area contributed by atoms with Gasteiger partial charge in [-0.2, -0.15) is 13.2 Å². The number of hydrogen-bond donors (Lipinski definition) is 1. The van der Waals surface area contributed by atoms with Crippen LogP contribution in [0.2, 0.25) is 0 Å². The minimum atomic E-state index is -4.52. The first-order valence-electron chi connectivity index (χ1n) is 3.30. The lowest BCUT2D eigenvalue weighted by molar-refractivity contribution is -0.138. The van der Waals surface area contributed by atoms with Crippen LogP contribution in [0.1, 0.15) is 11.1 Å². The molecule has 70 valence electrons. The van der Waals surface area contributed by atoms with Crippen LogP contribution in [-0.4, -0.2) is 10.5 Å². The van der Waals surface area contributed by atoms with Gasteiger partial charge in [-0.3, -0.25) is 0 Å². The Hall–Kier alpha value is -1.10. The Labute approximate surface area is 77.8 Å². The summed E-state index contributed by atoms with van der Waals surface area (Å²) in [6.45, 7) is 0. The predicted octanol–water partition coefficient (Wildman–Crippen LogP) is 2.76. The molecule has 0 fully saturated rings. The van der Waals surface area contributed by atoms with Crippen molar-refractivity contribution in [2.24, 2.45) is 0 Å². The summed E-state index contributed by atoms with van der Waals surface area (Å²) >= 11 is 4.50. The number of aromatic hydroxyl groups is 1. The Kier molecular flexibility index (Phi) is 2.56. The highest BCUT2D eigenvalue weighted by molar-refractivity contribution is 7.79. The van der Waals surface area contributed by atoms with E-state index in [4.69, 9.17) is 5.11 Å². The van der Waals surface area contributed by atoms with Gasteiger partial charge in [0.2, 0.25) is 0 Å². The number of rotatable bonds is 1. The summed E-state index contributed by atoms with van der Waals surface area (Å²) in [6.07, 6.45) is -4.52. The van der Waals surface area contributed by atoms with E-state index in [9.17, 15) is 13.2 Å². The fourth-order valence-electron chi connectivity index (χ4n) is 0.862. The molecule has 0 saturated heterocycles. The molecule has 0 aliphatic carbocycles. The second-order valence-electron chi connectivity index (χ2n) is 2.39. The first-order chi connectivity index (χ1) is 5.95. The van der Waals surface area contributed by atoms with Gasteiger partial charge in [0.05, 0.1) is 5.56 Å². The van der Waals surface area contributed by atoms with Crippen LogP contribution in [0.15, 0.2) is 18.2 Å². The molecule has 0 heterocycles. The Balaban J connectivity index is 3.20. The Bertz CT molecular complexity index is 333. The average Bonchev–Trinajstić information content (AvgIpc) is 2.01. The highest BCUT2D eigenvalue weighted by Gasteiger charge is 2.33. The number of hydrogen-bond acceptors (Lipinski definition) is 2. The van der Waals surface area contributed by atoms with Crippen LogP contribution in [0.3, 0.4) is 0 Å². The Morgan fingerprint density at radius 3 is 2.31 bits per heavy atom. The fraction of sp³-hybridized carbons (Fsp3) is 0.125. The van der Waals surface area contributed by atoms with Gasteiger partial charge in [0.25, 0.3) is 0 Å². The normalized spacial score (nSPS) is 11.3. The van der Waals surface area contributed by atoms with Gasteiger partial charge in [0.15, 0.2) is 0 Å². The van der Waals surface area contributed by atoms with E-state index in [2.05, 4.69) is 12.2 Å². The lowest BCUT2D eigenvalue weighted by atomic mass is 10.1. The number of phenols is 1. The van der Waals surface area contributed by atoms with E-state index in [1.165, 1.54) is 11.4 Å². The largest absolute Gasteiger partial charge is 0.507 e. The lowest BCUT2D eigenvalue weighted by Gasteiger charge is -2.08. The van der Waals surface area contributed by atoms with Crippen molar-refractivity contribution in [1.82, 2.24) is 0 Å². The van der Waals surface area contributed by atoms with Crippen molar-refractivity contribution in [2.75, 3.05) is 0 Å². The summed E-state index contributed by atoms with van der Waals surface area (Å²) < 4.78 is 36.3. The van der Waals surface area contributed by atoms with Gasteiger partial charge < -0.3 is 5.11 Å². The lowest BCUT2D eigenvalue weighted by Crippen LogP contribution is -2.05. The van der Waals surface area contributed by atoms with Crippen molar-refractivity contribution in [2.45, 2.75) is 6.18 Å². The molecule has 1 nitrogen and oxygen atoms in total. The van der Waals surface area contributed by atoms with Crippen molar-refractivity contribution < 1.29 is 18.3 Å². The fourth-order valence-corrected chi connectivity index (χ4v) is 1.01. The van der Waals surface area contributed by atoms with E-state index in [-0.39, 0.29) is 0 Å². The first-order valence-corrected chi connectivity index (χ1v) is 3.77. The molecule has 1 N–H and O–H groups in total. The van der Waals surface area contributed by atoms with E-state index in [1.54, 1.807) is 0 Å². The third-order valence-corrected chi connectivity index (χ3v) is 1.74. The van der Waals surface area contributed by atoms with Crippen molar-refractivity contribution in [1.29, 1.82) is 0 Å². The molecule has 0 radical (unpaired) electrons. The maximum atomic E-state index is 12.1. The van der Waals surface area contributed by atoms with E-state index in [1.807, 2.05) is 0 Å². The predicted molar refractivity (Wildman–Crippen MR) is 45.9 cm³/mol. The topological polar surface area (TPSA) is 20.2 Å². The second-order valence-corrected chi connectivity index (χ2v) is 2.63. The van der Waals surface area contributed by atoms with Crippen molar-refractivity contribution in [3.8, 4) is 5.75 Å². The number of halogens is 3. The highest BCUT2D eigenvalue weighted by Crippen LogP contribution is 2.35.